The van der Waals surface area contributed by atoms with E-state index in [4.69, 9.17) is 5.73 Å². The maximum atomic E-state index is 9.79. The summed E-state index contributed by atoms with van der Waals surface area (Å²) in [5.41, 5.74) is 9.29. The molecule has 2 rings (SSSR count). The fourth-order valence-electron chi connectivity index (χ4n) is 2.00. The second-order valence-corrected chi connectivity index (χ2v) is 4.42. The van der Waals surface area contributed by atoms with Crippen LogP contribution in [0.1, 0.15) is 29.2 Å². The molecule has 0 spiro atoms. The maximum Gasteiger partial charge on any atom is 0.134 e. The number of fused-ring (bicyclic) bond motifs is 1. The van der Waals surface area contributed by atoms with Crippen molar-refractivity contribution in [3.05, 3.63) is 27.2 Å². The maximum absolute atomic E-state index is 9.79. The summed E-state index contributed by atoms with van der Waals surface area (Å²) in [6.07, 6.45) is 1.93. The molecule has 2 nitrogen and oxygen atoms in total. The first-order chi connectivity index (χ1) is 6.11. The standard InChI is InChI=1S/C10H12BrNO.BrH/c1-5-4-7(11)10(13)9-6(5)2-3-8(9)12;/h4,8,13H,2-3,12H2,1H3;1H. The Morgan fingerprint density at radius 3 is 2.86 bits per heavy atom. The van der Waals surface area contributed by atoms with Gasteiger partial charge in [-0.2, -0.15) is 0 Å². The van der Waals surface area contributed by atoms with Crippen LogP contribution in [0.2, 0.25) is 0 Å². The normalized spacial score (nSPS) is 18.9. The van der Waals surface area contributed by atoms with E-state index in [1.165, 1.54) is 11.1 Å². The Labute approximate surface area is 102 Å². The summed E-state index contributed by atoms with van der Waals surface area (Å²) >= 11 is 3.32. The zero-order valence-corrected chi connectivity index (χ0v) is 11.2. The predicted octanol–water partition coefficient (Wildman–Crippen LogP) is 2.99. The highest BCUT2D eigenvalue weighted by Gasteiger charge is 2.25. The van der Waals surface area contributed by atoms with Crippen LogP contribution >= 0.6 is 32.9 Å². The molecule has 0 fully saturated rings. The Morgan fingerprint density at radius 1 is 1.57 bits per heavy atom. The van der Waals surface area contributed by atoms with Gasteiger partial charge >= 0.3 is 0 Å². The van der Waals surface area contributed by atoms with Gasteiger partial charge in [0, 0.05) is 11.6 Å². The Bertz CT molecular complexity index is 366. The fourth-order valence-corrected chi connectivity index (χ4v) is 2.56. The van der Waals surface area contributed by atoms with Crippen LogP contribution < -0.4 is 5.73 Å². The summed E-state index contributed by atoms with van der Waals surface area (Å²) in [4.78, 5) is 0. The number of phenols is 1. The van der Waals surface area contributed by atoms with Gasteiger partial charge in [0.05, 0.1) is 4.47 Å². The van der Waals surface area contributed by atoms with Crippen molar-refractivity contribution in [3.8, 4) is 5.75 Å². The molecule has 0 bridgehead atoms. The lowest BCUT2D eigenvalue weighted by Crippen LogP contribution is -2.05. The third kappa shape index (κ3) is 1.71. The summed E-state index contributed by atoms with van der Waals surface area (Å²) in [7, 11) is 0. The second kappa shape index (κ2) is 4.21. The van der Waals surface area contributed by atoms with Crippen molar-refractivity contribution < 1.29 is 5.11 Å². The van der Waals surface area contributed by atoms with E-state index < -0.39 is 0 Å². The molecule has 3 N–H and O–H groups in total. The molecule has 0 aromatic heterocycles. The van der Waals surface area contributed by atoms with Crippen LogP contribution in [0.25, 0.3) is 0 Å². The molecule has 0 saturated carbocycles. The summed E-state index contributed by atoms with van der Waals surface area (Å²) in [6.45, 7) is 2.06. The number of aromatic hydroxyl groups is 1. The largest absolute Gasteiger partial charge is 0.506 e. The molecule has 1 aromatic carbocycles. The highest BCUT2D eigenvalue weighted by atomic mass is 79.9. The minimum atomic E-state index is 0. The van der Waals surface area contributed by atoms with E-state index in [9.17, 15) is 5.11 Å². The zero-order chi connectivity index (χ0) is 9.59. The third-order valence-corrected chi connectivity index (χ3v) is 3.31. The smallest absolute Gasteiger partial charge is 0.134 e. The van der Waals surface area contributed by atoms with Crippen molar-refractivity contribution in [2.24, 2.45) is 5.73 Å². The molecule has 1 aliphatic rings. The molecule has 0 heterocycles. The Morgan fingerprint density at radius 2 is 2.21 bits per heavy atom. The molecule has 0 aliphatic heterocycles. The quantitative estimate of drug-likeness (QED) is 0.771. The van der Waals surface area contributed by atoms with Gasteiger partial charge < -0.3 is 10.8 Å². The van der Waals surface area contributed by atoms with E-state index in [0.717, 1.165) is 22.9 Å². The number of benzene rings is 1. The summed E-state index contributed by atoms with van der Waals surface area (Å²) in [5.74, 6) is 0.325. The van der Waals surface area contributed by atoms with Crippen LogP contribution in [-0.4, -0.2) is 5.11 Å². The van der Waals surface area contributed by atoms with E-state index in [1.54, 1.807) is 0 Å². The van der Waals surface area contributed by atoms with E-state index in [-0.39, 0.29) is 23.0 Å². The lowest BCUT2D eigenvalue weighted by atomic mass is 10.0. The third-order valence-electron chi connectivity index (χ3n) is 2.70. The summed E-state index contributed by atoms with van der Waals surface area (Å²) < 4.78 is 0.751. The van der Waals surface area contributed by atoms with Crippen LogP contribution in [0.5, 0.6) is 5.75 Å². The van der Waals surface area contributed by atoms with Gasteiger partial charge in [-0.15, -0.1) is 17.0 Å². The van der Waals surface area contributed by atoms with E-state index in [1.807, 2.05) is 6.07 Å². The minimum Gasteiger partial charge on any atom is -0.506 e. The number of hydrogen-bond acceptors (Lipinski definition) is 2. The number of phenolic OH excluding ortho intramolecular Hbond substituents is 1. The highest BCUT2D eigenvalue weighted by Crippen LogP contribution is 2.41. The summed E-state index contributed by atoms with van der Waals surface area (Å²) in [6, 6.07) is 1.96. The van der Waals surface area contributed by atoms with Crippen LogP contribution in [0.4, 0.5) is 0 Å². The first kappa shape index (κ1) is 12.0. The number of hydrogen-bond donors (Lipinski definition) is 2. The molecule has 1 aromatic rings. The molecule has 1 unspecified atom stereocenters. The Kier molecular flexibility index (Phi) is 3.61. The van der Waals surface area contributed by atoms with Gasteiger partial charge in [0.25, 0.3) is 0 Å². The van der Waals surface area contributed by atoms with E-state index in [0.29, 0.717) is 5.75 Å². The lowest BCUT2D eigenvalue weighted by Gasteiger charge is -2.11. The highest BCUT2D eigenvalue weighted by molar-refractivity contribution is 9.10. The van der Waals surface area contributed by atoms with Crippen molar-refractivity contribution in [2.75, 3.05) is 0 Å². The second-order valence-electron chi connectivity index (χ2n) is 3.56. The molecule has 1 aliphatic carbocycles. The molecule has 78 valence electrons. The number of aryl methyl sites for hydroxylation is 1. The van der Waals surface area contributed by atoms with Gasteiger partial charge in [-0.1, -0.05) is 0 Å². The average molecular weight is 323 g/mol. The monoisotopic (exact) mass is 321 g/mol. The number of halogens is 2. The first-order valence-corrected chi connectivity index (χ1v) is 5.17. The summed E-state index contributed by atoms with van der Waals surface area (Å²) in [5, 5.41) is 9.79. The van der Waals surface area contributed by atoms with Crippen LogP contribution in [-0.2, 0) is 6.42 Å². The first-order valence-electron chi connectivity index (χ1n) is 4.37. The van der Waals surface area contributed by atoms with Crippen molar-refractivity contribution in [1.82, 2.24) is 0 Å². The van der Waals surface area contributed by atoms with Crippen LogP contribution in [0, 0.1) is 6.92 Å². The molecular formula is C10H13Br2NO. The predicted molar refractivity (Wildman–Crippen MR) is 66.1 cm³/mol. The van der Waals surface area contributed by atoms with Gasteiger partial charge in [0.2, 0.25) is 0 Å². The molecule has 14 heavy (non-hydrogen) atoms. The SMILES string of the molecule is Br.Cc1cc(Br)c(O)c2c1CCC2N. The Hall–Kier alpha value is -0.0600. The molecule has 0 radical (unpaired) electrons. The van der Waals surface area contributed by atoms with Gasteiger partial charge in [-0.3, -0.25) is 0 Å². The molecule has 4 heteroatoms. The fraction of sp³-hybridized carbons (Fsp3) is 0.400. The molecule has 0 saturated heterocycles. The topological polar surface area (TPSA) is 46.2 Å². The van der Waals surface area contributed by atoms with E-state index >= 15 is 0 Å². The number of nitrogens with two attached hydrogens (primary N) is 1. The van der Waals surface area contributed by atoms with E-state index in [2.05, 4.69) is 22.9 Å². The van der Waals surface area contributed by atoms with Crippen molar-refractivity contribution >= 4 is 32.9 Å². The molecular weight excluding hydrogens is 310 g/mol. The van der Waals surface area contributed by atoms with Gasteiger partial charge in [0.1, 0.15) is 5.75 Å². The molecule has 0 amide bonds. The van der Waals surface area contributed by atoms with Gasteiger partial charge in [0.15, 0.2) is 0 Å². The van der Waals surface area contributed by atoms with Crippen LogP contribution in [0.3, 0.4) is 0 Å². The zero-order valence-electron chi connectivity index (χ0n) is 7.88. The minimum absolute atomic E-state index is 0. The number of rotatable bonds is 0. The molecule has 1 atom stereocenters. The van der Waals surface area contributed by atoms with Crippen molar-refractivity contribution in [1.29, 1.82) is 0 Å². The van der Waals surface area contributed by atoms with Crippen molar-refractivity contribution in [2.45, 2.75) is 25.8 Å². The van der Waals surface area contributed by atoms with Gasteiger partial charge in [-0.25, -0.2) is 0 Å². The van der Waals surface area contributed by atoms with Crippen molar-refractivity contribution in [3.63, 3.8) is 0 Å². The lowest BCUT2D eigenvalue weighted by molar-refractivity contribution is 0.460. The van der Waals surface area contributed by atoms with Gasteiger partial charge in [-0.05, 0) is 52.9 Å². The van der Waals surface area contributed by atoms with Crippen LogP contribution in [0.15, 0.2) is 10.5 Å². The Balaban J connectivity index is 0.000000980. The average Bonchev–Trinajstić information content (AvgIpc) is 2.44.